The first-order valence-electron chi connectivity index (χ1n) is 9.12. The van der Waals surface area contributed by atoms with Gasteiger partial charge in [0.05, 0.1) is 22.3 Å². The van der Waals surface area contributed by atoms with E-state index in [1.807, 2.05) is 0 Å². The van der Waals surface area contributed by atoms with Crippen molar-refractivity contribution < 1.29 is 34.1 Å². The first-order valence-corrected chi connectivity index (χ1v) is 9.12. The molecule has 0 heterocycles. The van der Waals surface area contributed by atoms with Crippen molar-refractivity contribution >= 4 is 45.4 Å². The van der Waals surface area contributed by atoms with Gasteiger partial charge in [0.25, 0.3) is 0 Å². The van der Waals surface area contributed by atoms with Crippen molar-refractivity contribution in [3.63, 3.8) is 0 Å². The summed E-state index contributed by atoms with van der Waals surface area (Å²) in [6.45, 7) is 0. The maximum Gasteiger partial charge on any atom is 0.346 e. The Bertz CT molecular complexity index is 1290. The van der Waals surface area contributed by atoms with Crippen LogP contribution in [0, 0.1) is 0 Å². The summed E-state index contributed by atoms with van der Waals surface area (Å²) < 4.78 is 4.98. The molecule has 0 radical (unpaired) electrons. The van der Waals surface area contributed by atoms with E-state index in [2.05, 4.69) is 0 Å². The highest BCUT2D eigenvalue weighted by molar-refractivity contribution is 6.06. The van der Waals surface area contributed by atoms with Crippen LogP contribution in [0.4, 0.5) is 0 Å². The molecule has 2 N–H and O–H groups in total. The highest BCUT2D eigenvalue weighted by Gasteiger charge is 2.16. The van der Waals surface area contributed by atoms with Gasteiger partial charge in [0.2, 0.25) is 0 Å². The maximum atomic E-state index is 12.4. The molecule has 0 spiro atoms. The monoisotopic (exact) mass is 414 g/mol. The van der Waals surface area contributed by atoms with Crippen molar-refractivity contribution in [2.75, 3.05) is 0 Å². The van der Waals surface area contributed by atoms with E-state index in [0.29, 0.717) is 21.5 Å². The summed E-state index contributed by atoms with van der Waals surface area (Å²) in [5.74, 6) is -3.78. The molecule has 0 aliphatic heterocycles. The van der Waals surface area contributed by atoms with Crippen LogP contribution in [0.3, 0.4) is 0 Å². The number of carbonyl (C=O) groups is 4. The van der Waals surface area contributed by atoms with E-state index in [4.69, 9.17) is 14.9 Å². The first kappa shape index (κ1) is 19.8. The molecule has 152 valence electrons. The highest BCUT2D eigenvalue weighted by atomic mass is 16.6. The van der Waals surface area contributed by atoms with Crippen LogP contribution in [0.1, 0.15) is 41.4 Å². The number of carboxylic acids is 2. The van der Waals surface area contributed by atoms with Crippen LogP contribution in [0.2, 0.25) is 0 Å². The largest absolute Gasteiger partial charge is 0.478 e. The number of hydrogen-bond acceptors (Lipinski definition) is 5. The molecule has 0 fully saturated rings. The van der Waals surface area contributed by atoms with E-state index in [1.54, 1.807) is 24.3 Å². The first-order chi connectivity index (χ1) is 14.8. The van der Waals surface area contributed by atoms with Gasteiger partial charge in [0, 0.05) is 0 Å². The lowest BCUT2D eigenvalue weighted by molar-refractivity contribution is 0.0396. The standard InChI is InChI=1S/C24H14O7/c25-21(26)17-5-1-15-11-19(7-3-13(15)9-17)23(29)31-24(30)20-8-4-14-10-18(22(27)28)6-2-16(14)12-20/h1-12H,(H,25,26)(H,27,28). The molecule has 31 heavy (non-hydrogen) atoms. The van der Waals surface area contributed by atoms with E-state index >= 15 is 0 Å². The molecule has 4 aromatic carbocycles. The Morgan fingerprint density at radius 2 is 0.774 bits per heavy atom. The van der Waals surface area contributed by atoms with Crippen molar-refractivity contribution in [3.05, 3.63) is 95.1 Å². The van der Waals surface area contributed by atoms with Gasteiger partial charge < -0.3 is 14.9 Å². The van der Waals surface area contributed by atoms with Gasteiger partial charge in [-0.25, -0.2) is 19.2 Å². The number of rotatable bonds is 4. The molecule has 0 saturated carbocycles. The third-order valence-electron chi connectivity index (χ3n) is 4.83. The third kappa shape index (κ3) is 3.97. The summed E-state index contributed by atoms with van der Waals surface area (Å²) in [5.41, 5.74) is 0.557. The number of hydrogen-bond donors (Lipinski definition) is 2. The Labute approximate surface area is 175 Å². The fourth-order valence-electron chi connectivity index (χ4n) is 3.21. The van der Waals surface area contributed by atoms with E-state index in [9.17, 15) is 19.2 Å². The smallest absolute Gasteiger partial charge is 0.346 e. The molecule has 4 aromatic rings. The summed E-state index contributed by atoms with van der Waals surface area (Å²) in [5, 5.41) is 20.7. The maximum absolute atomic E-state index is 12.4. The summed E-state index contributed by atoms with van der Waals surface area (Å²) in [7, 11) is 0. The molecule has 7 nitrogen and oxygen atoms in total. The van der Waals surface area contributed by atoms with Gasteiger partial charge in [-0.05, 0) is 70.1 Å². The normalized spacial score (nSPS) is 10.7. The zero-order valence-electron chi connectivity index (χ0n) is 15.9. The SMILES string of the molecule is O=C(O)c1ccc2cc(C(=O)OC(=O)c3ccc4cc(C(=O)O)ccc4c3)ccc2c1. The minimum Gasteiger partial charge on any atom is -0.478 e. The van der Waals surface area contributed by atoms with Gasteiger partial charge in [-0.15, -0.1) is 0 Å². The molecule has 0 aliphatic carbocycles. The molecule has 0 bridgehead atoms. The highest BCUT2D eigenvalue weighted by Crippen LogP contribution is 2.21. The molecular weight excluding hydrogens is 400 g/mol. The number of esters is 2. The van der Waals surface area contributed by atoms with Crippen LogP contribution in [-0.2, 0) is 4.74 Å². The summed E-state index contributed by atoms with van der Waals surface area (Å²) in [6.07, 6.45) is 0. The predicted molar refractivity (Wildman–Crippen MR) is 112 cm³/mol. The number of carbonyl (C=O) groups excluding carboxylic acids is 2. The minimum atomic E-state index is -1.05. The predicted octanol–water partition coefficient (Wildman–Crippen LogP) is 4.39. The minimum absolute atomic E-state index is 0.129. The van der Waals surface area contributed by atoms with Crippen LogP contribution >= 0.6 is 0 Å². The zero-order valence-corrected chi connectivity index (χ0v) is 15.9. The van der Waals surface area contributed by atoms with Crippen LogP contribution in [0.25, 0.3) is 21.5 Å². The van der Waals surface area contributed by atoms with Gasteiger partial charge in [-0.3, -0.25) is 0 Å². The lowest BCUT2D eigenvalue weighted by atomic mass is 10.0. The van der Waals surface area contributed by atoms with Crippen LogP contribution in [0.15, 0.2) is 72.8 Å². The van der Waals surface area contributed by atoms with Crippen LogP contribution < -0.4 is 0 Å². The Morgan fingerprint density at radius 1 is 0.484 bits per heavy atom. The number of aromatic carboxylic acids is 2. The lowest BCUT2D eigenvalue weighted by Crippen LogP contribution is -2.12. The van der Waals surface area contributed by atoms with Gasteiger partial charge in [0.1, 0.15) is 0 Å². The second-order valence-electron chi connectivity index (χ2n) is 6.84. The van der Waals surface area contributed by atoms with Gasteiger partial charge in [-0.2, -0.15) is 0 Å². The Kier molecular flexibility index (Phi) is 4.92. The second kappa shape index (κ2) is 7.72. The molecule has 0 atom stereocenters. The van der Waals surface area contributed by atoms with Crippen molar-refractivity contribution in [3.8, 4) is 0 Å². The summed E-state index contributed by atoms with van der Waals surface area (Å²) in [6, 6.07) is 18.1. The fourth-order valence-corrected chi connectivity index (χ4v) is 3.21. The Balaban J connectivity index is 1.55. The quantitative estimate of drug-likeness (QED) is 0.376. The summed E-state index contributed by atoms with van der Waals surface area (Å²) >= 11 is 0. The van der Waals surface area contributed by atoms with Crippen molar-refractivity contribution in [2.24, 2.45) is 0 Å². The van der Waals surface area contributed by atoms with E-state index in [0.717, 1.165) is 0 Å². The third-order valence-corrected chi connectivity index (χ3v) is 4.83. The Hall–Kier alpha value is -4.52. The van der Waals surface area contributed by atoms with E-state index < -0.39 is 23.9 Å². The lowest BCUT2D eigenvalue weighted by Gasteiger charge is -2.07. The van der Waals surface area contributed by atoms with E-state index in [-0.39, 0.29) is 22.3 Å². The number of ether oxygens (including phenoxy) is 1. The fraction of sp³-hybridized carbons (Fsp3) is 0. The van der Waals surface area contributed by atoms with Gasteiger partial charge in [0.15, 0.2) is 0 Å². The number of benzene rings is 4. The molecule has 0 aromatic heterocycles. The molecule has 0 saturated heterocycles. The van der Waals surface area contributed by atoms with Gasteiger partial charge in [-0.1, -0.05) is 24.3 Å². The number of carboxylic acid groups (broad SMARTS) is 2. The molecule has 0 amide bonds. The molecule has 0 aliphatic rings. The van der Waals surface area contributed by atoms with Gasteiger partial charge >= 0.3 is 23.9 Å². The average molecular weight is 414 g/mol. The van der Waals surface area contributed by atoms with Crippen molar-refractivity contribution in [1.82, 2.24) is 0 Å². The average Bonchev–Trinajstić information content (AvgIpc) is 2.77. The second-order valence-corrected chi connectivity index (χ2v) is 6.84. The molecular formula is C24H14O7. The van der Waals surface area contributed by atoms with Crippen LogP contribution in [-0.4, -0.2) is 34.1 Å². The number of fused-ring (bicyclic) bond motifs is 2. The molecule has 4 rings (SSSR count). The molecule has 7 heteroatoms. The van der Waals surface area contributed by atoms with Crippen LogP contribution in [0.5, 0.6) is 0 Å². The van der Waals surface area contributed by atoms with Crippen molar-refractivity contribution in [2.45, 2.75) is 0 Å². The Morgan fingerprint density at radius 3 is 1.10 bits per heavy atom. The van der Waals surface area contributed by atoms with Crippen molar-refractivity contribution in [1.29, 1.82) is 0 Å². The summed E-state index contributed by atoms with van der Waals surface area (Å²) in [4.78, 5) is 47.0. The molecule has 0 unspecified atom stereocenters. The van der Waals surface area contributed by atoms with E-state index in [1.165, 1.54) is 48.5 Å². The topological polar surface area (TPSA) is 118 Å². The zero-order chi connectivity index (χ0) is 22.1.